The van der Waals surface area contributed by atoms with Crippen LogP contribution < -0.4 is 5.32 Å². The van der Waals surface area contributed by atoms with Crippen LogP contribution in [0.25, 0.3) is 11.4 Å². The number of amides is 2. The molecule has 1 heterocycles. The lowest BCUT2D eigenvalue weighted by Crippen LogP contribution is -2.40. The molecule has 7 nitrogen and oxygen atoms in total. The average Bonchev–Trinajstić information content (AvgIpc) is 3.15. The van der Waals surface area contributed by atoms with Crippen LogP contribution in [0.3, 0.4) is 0 Å². The summed E-state index contributed by atoms with van der Waals surface area (Å²) in [6.45, 7) is 2.15. The van der Waals surface area contributed by atoms with E-state index < -0.39 is 0 Å². The molecule has 1 N–H and O–H groups in total. The Hall–Kier alpha value is -3.19. The van der Waals surface area contributed by atoms with Crippen LogP contribution in [0.1, 0.15) is 5.56 Å². The first-order chi connectivity index (χ1) is 14.0. The first kappa shape index (κ1) is 20.5. The molecule has 0 aliphatic carbocycles. The number of nitrogens with zero attached hydrogens (tertiary/aromatic N) is 5. The van der Waals surface area contributed by atoms with Gasteiger partial charge in [-0.3, -0.25) is 0 Å². The normalized spacial score (nSPS) is 10.9. The summed E-state index contributed by atoms with van der Waals surface area (Å²) in [5, 5.41) is 11.0. The minimum absolute atomic E-state index is 0.0887. The van der Waals surface area contributed by atoms with Gasteiger partial charge in [0.15, 0.2) is 5.82 Å². The summed E-state index contributed by atoms with van der Waals surface area (Å²) in [5.74, 6) is 0.790. The van der Waals surface area contributed by atoms with Crippen molar-refractivity contribution in [1.82, 2.24) is 24.6 Å². The van der Waals surface area contributed by atoms with E-state index in [0.29, 0.717) is 13.1 Å². The van der Waals surface area contributed by atoms with E-state index in [2.05, 4.69) is 32.5 Å². The third-order valence-electron chi connectivity index (χ3n) is 4.72. The Balaban J connectivity index is 1.64. The molecule has 152 valence electrons. The maximum absolute atomic E-state index is 12.9. The maximum atomic E-state index is 12.9. The predicted molar refractivity (Wildman–Crippen MR) is 116 cm³/mol. The molecule has 29 heavy (non-hydrogen) atoms. The second-order valence-electron chi connectivity index (χ2n) is 7.30. The van der Waals surface area contributed by atoms with Crippen molar-refractivity contribution in [3.05, 3.63) is 66.5 Å². The van der Waals surface area contributed by atoms with Gasteiger partial charge in [-0.05, 0) is 50.3 Å². The first-order valence-electron chi connectivity index (χ1n) is 9.72. The smallest absolute Gasteiger partial charge is 0.321 e. The van der Waals surface area contributed by atoms with Crippen LogP contribution in [0, 0.1) is 0 Å². The number of carbonyl (C=O) groups is 1. The Kier molecular flexibility index (Phi) is 6.97. The number of hydrogen-bond donors (Lipinski definition) is 1. The molecule has 0 spiro atoms. The highest BCUT2D eigenvalue weighted by molar-refractivity contribution is 5.89. The third kappa shape index (κ3) is 5.89. The Morgan fingerprint density at radius 3 is 2.34 bits per heavy atom. The number of anilines is 1. The van der Waals surface area contributed by atoms with Crippen LogP contribution in [-0.4, -0.2) is 64.3 Å². The topological polar surface area (TPSA) is 66.3 Å². The first-order valence-corrected chi connectivity index (χ1v) is 9.72. The number of carbonyl (C=O) groups excluding carboxylic acids is 1. The van der Waals surface area contributed by atoms with E-state index >= 15 is 0 Å². The molecule has 0 atom stereocenters. The predicted octanol–water partition coefficient (Wildman–Crippen LogP) is 3.12. The van der Waals surface area contributed by atoms with Gasteiger partial charge in [0, 0.05) is 37.9 Å². The maximum Gasteiger partial charge on any atom is 0.321 e. The summed E-state index contributed by atoms with van der Waals surface area (Å²) < 4.78 is 1.86. The van der Waals surface area contributed by atoms with E-state index in [1.165, 1.54) is 5.56 Å². The minimum atomic E-state index is -0.0887. The number of hydrogen-bond acceptors (Lipinski definition) is 4. The summed E-state index contributed by atoms with van der Waals surface area (Å²) in [6, 6.07) is 17.8. The molecule has 2 amide bonds. The van der Waals surface area contributed by atoms with Crippen molar-refractivity contribution < 1.29 is 4.79 Å². The third-order valence-corrected chi connectivity index (χ3v) is 4.72. The zero-order valence-electron chi connectivity index (χ0n) is 17.2. The highest BCUT2D eigenvalue weighted by atomic mass is 16.2. The number of likely N-dealkylation sites (N-methyl/N-ethyl adjacent to an activating group) is 1. The van der Waals surface area contributed by atoms with Gasteiger partial charge in [0.1, 0.15) is 6.33 Å². The summed E-state index contributed by atoms with van der Waals surface area (Å²) in [4.78, 5) is 16.8. The van der Waals surface area contributed by atoms with Crippen molar-refractivity contribution in [3.63, 3.8) is 0 Å². The zero-order chi connectivity index (χ0) is 20.6. The molecule has 0 saturated carbocycles. The minimum Gasteiger partial charge on any atom is -0.323 e. The van der Waals surface area contributed by atoms with Gasteiger partial charge in [-0.2, -0.15) is 0 Å². The quantitative estimate of drug-likeness (QED) is 0.640. The number of benzene rings is 2. The molecule has 0 saturated heterocycles. The molecule has 0 unspecified atom stereocenters. The van der Waals surface area contributed by atoms with Crippen molar-refractivity contribution >= 4 is 11.7 Å². The van der Waals surface area contributed by atoms with Crippen LogP contribution in [0.5, 0.6) is 0 Å². The van der Waals surface area contributed by atoms with Gasteiger partial charge in [-0.1, -0.05) is 30.3 Å². The summed E-state index contributed by atoms with van der Waals surface area (Å²) in [5.41, 5.74) is 2.94. The van der Waals surface area contributed by atoms with E-state index in [-0.39, 0.29) is 6.03 Å². The van der Waals surface area contributed by atoms with Crippen molar-refractivity contribution in [2.24, 2.45) is 7.05 Å². The van der Waals surface area contributed by atoms with Crippen molar-refractivity contribution in [2.45, 2.75) is 6.42 Å². The number of nitrogens with one attached hydrogen (secondary N) is 1. The van der Waals surface area contributed by atoms with Crippen LogP contribution in [-0.2, 0) is 13.5 Å². The van der Waals surface area contributed by atoms with Gasteiger partial charge in [0.2, 0.25) is 0 Å². The van der Waals surface area contributed by atoms with Crippen LogP contribution >= 0.6 is 0 Å². The van der Waals surface area contributed by atoms with E-state index in [1.54, 1.807) is 6.33 Å². The number of aromatic nitrogens is 3. The standard InChI is InChI=1S/C22H28N6O/c1-26(2)15-16-28(14-13-18-7-5-4-6-8-18)22(29)24-20-11-9-19(10-12-20)21-25-23-17-27(21)3/h4-12,17H,13-16H2,1-3H3,(H,24,29). The van der Waals surface area contributed by atoms with E-state index in [0.717, 1.165) is 30.0 Å². The number of rotatable bonds is 8. The summed E-state index contributed by atoms with van der Waals surface area (Å²) in [7, 11) is 5.93. The van der Waals surface area contributed by atoms with Gasteiger partial charge in [-0.15, -0.1) is 10.2 Å². The average molecular weight is 393 g/mol. The molecule has 1 aromatic heterocycles. The van der Waals surface area contributed by atoms with Gasteiger partial charge in [0.05, 0.1) is 0 Å². The number of aryl methyl sites for hydroxylation is 1. The van der Waals surface area contributed by atoms with Gasteiger partial charge in [-0.25, -0.2) is 4.79 Å². The summed E-state index contributed by atoms with van der Waals surface area (Å²) in [6.07, 6.45) is 2.49. The molecule has 0 fully saturated rings. The Morgan fingerprint density at radius 2 is 1.72 bits per heavy atom. The Morgan fingerprint density at radius 1 is 1.00 bits per heavy atom. The molecule has 3 aromatic rings. The SMILES string of the molecule is CN(C)CCN(CCc1ccccc1)C(=O)Nc1ccc(-c2nncn2C)cc1. The second kappa shape index (κ2) is 9.84. The van der Waals surface area contributed by atoms with Gasteiger partial charge < -0.3 is 19.7 Å². The lowest BCUT2D eigenvalue weighted by molar-refractivity contribution is 0.205. The molecule has 0 aliphatic rings. The molecule has 7 heteroatoms. The molecule has 0 bridgehead atoms. The molecule has 2 aromatic carbocycles. The molecule has 3 rings (SSSR count). The van der Waals surface area contributed by atoms with Crippen molar-refractivity contribution in [3.8, 4) is 11.4 Å². The van der Waals surface area contributed by atoms with E-state index in [4.69, 9.17) is 0 Å². The zero-order valence-corrected chi connectivity index (χ0v) is 17.2. The monoisotopic (exact) mass is 392 g/mol. The van der Waals surface area contributed by atoms with Crippen LogP contribution in [0.4, 0.5) is 10.5 Å². The molecular formula is C22H28N6O. The molecular weight excluding hydrogens is 364 g/mol. The highest BCUT2D eigenvalue weighted by Gasteiger charge is 2.14. The summed E-state index contributed by atoms with van der Waals surface area (Å²) >= 11 is 0. The van der Waals surface area contributed by atoms with Crippen LogP contribution in [0.15, 0.2) is 60.9 Å². The fraction of sp³-hybridized carbons (Fsp3) is 0.318. The lowest BCUT2D eigenvalue weighted by atomic mass is 10.1. The van der Waals surface area contributed by atoms with Crippen molar-refractivity contribution in [1.29, 1.82) is 0 Å². The Labute approximate surface area is 172 Å². The van der Waals surface area contributed by atoms with Gasteiger partial charge in [0.25, 0.3) is 0 Å². The number of urea groups is 1. The van der Waals surface area contributed by atoms with Crippen LogP contribution in [0.2, 0.25) is 0 Å². The molecule has 0 radical (unpaired) electrons. The van der Waals surface area contributed by atoms with E-state index in [1.807, 2.05) is 73.1 Å². The fourth-order valence-corrected chi connectivity index (χ4v) is 2.99. The van der Waals surface area contributed by atoms with E-state index in [9.17, 15) is 4.79 Å². The van der Waals surface area contributed by atoms with Gasteiger partial charge >= 0.3 is 6.03 Å². The second-order valence-corrected chi connectivity index (χ2v) is 7.30. The largest absolute Gasteiger partial charge is 0.323 e. The lowest BCUT2D eigenvalue weighted by Gasteiger charge is -2.25. The fourth-order valence-electron chi connectivity index (χ4n) is 2.99. The Bertz CT molecular complexity index is 905. The van der Waals surface area contributed by atoms with Crippen molar-refractivity contribution in [2.75, 3.05) is 39.0 Å². The molecule has 0 aliphatic heterocycles. The highest BCUT2D eigenvalue weighted by Crippen LogP contribution is 2.19.